The molecule has 0 radical (unpaired) electrons. The lowest BCUT2D eigenvalue weighted by molar-refractivity contribution is -0.380. The first-order valence-electron chi connectivity index (χ1n) is 6.10. The summed E-state index contributed by atoms with van der Waals surface area (Å²) in [5.74, 6) is 0. The Morgan fingerprint density at radius 1 is 1.44 bits per heavy atom. The second kappa shape index (κ2) is 5.94. The van der Waals surface area contributed by atoms with Gasteiger partial charge in [0.2, 0.25) is 0 Å². The first kappa shape index (κ1) is 13.0. The molecule has 1 unspecified atom stereocenters. The number of nitro groups is 1. The molecule has 1 fully saturated rings. The van der Waals surface area contributed by atoms with Crippen LogP contribution in [0.15, 0.2) is 12.1 Å². The second-order valence-electron chi connectivity index (χ2n) is 4.50. The van der Waals surface area contributed by atoms with Crippen LogP contribution in [0.2, 0.25) is 0 Å². The van der Waals surface area contributed by atoms with E-state index in [-0.39, 0.29) is 5.00 Å². The van der Waals surface area contributed by atoms with E-state index in [2.05, 4.69) is 11.4 Å². The zero-order valence-corrected chi connectivity index (χ0v) is 10.8. The molecular weight excluding hydrogens is 250 g/mol. The van der Waals surface area contributed by atoms with E-state index in [1.807, 2.05) is 0 Å². The summed E-state index contributed by atoms with van der Waals surface area (Å²) in [7, 11) is 0. The third-order valence-electron chi connectivity index (χ3n) is 3.21. The van der Waals surface area contributed by atoms with E-state index in [0.717, 1.165) is 29.1 Å². The molecule has 1 aromatic heterocycles. The Kier molecular flexibility index (Phi) is 4.28. The summed E-state index contributed by atoms with van der Waals surface area (Å²) in [5.41, 5.74) is 0. The molecule has 1 aliphatic carbocycles. The highest BCUT2D eigenvalue weighted by molar-refractivity contribution is 7.15. The van der Waals surface area contributed by atoms with Crippen molar-refractivity contribution in [1.82, 2.24) is 5.32 Å². The molecule has 0 saturated heterocycles. The van der Waals surface area contributed by atoms with Gasteiger partial charge in [0.1, 0.15) is 6.04 Å². The van der Waals surface area contributed by atoms with Crippen molar-refractivity contribution in [1.29, 1.82) is 5.26 Å². The maximum Gasteiger partial charge on any atom is 0.324 e. The molecule has 1 saturated carbocycles. The average molecular weight is 265 g/mol. The minimum Gasteiger partial charge on any atom is -0.295 e. The summed E-state index contributed by atoms with van der Waals surface area (Å²) in [6, 6.07) is 5.27. The van der Waals surface area contributed by atoms with Crippen LogP contribution in [0.4, 0.5) is 5.00 Å². The fourth-order valence-electron chi connectivity index (χ4n) is 2.28. The fraction of sp³-hybridized carbons (Fsp3) is 0.583. The molecule has 1 N–H and O–H groups in total. The van der Waals surface area contributed by atoms with Gasteiger partial charge in [0.25, 0.3) is 0 Å². The standard InChI is InChI=1S/C12H15N3O2S/c13-8-10(14-9-4-2-1-3-5-9)11-6-7-12(18-11)15(16)17/h6-7,9-10,14H,1-5H2. The minimum atomic E-state index is -0.424. The normalized spacial score (nSPS) is 18.2. The molecule has 0 amide bonds. The van der Waals surface area contributed by atoms with Gasteiger partial charge in [-0.1, -0.05) is 30.6 Å². The second-order valence-corrected chi connectivity index (χ2v) is 5.59. The molecule has 6 heteroatoms. The lowest BCUT2D eigenvalue weighted by atomic mass is 9.95. The first-order valence-corrected chi connectivity index (χ1v) is 6.92. The number of hydrogen-bond acceptors (Lipinski definition) is 5. The summed E-state index contributed by atoms with van der Waals surface area (Å²) in [4.78, 5) is 10.9. The van der Waals surface area contributed by atoms with Crippen LogP contribution in [0.1, 0.15) is 43.0 Å². The van der Waals surface area contributed by atoms with Gasteiger partial charge in [0.15, 0.2) is 0 Å². The van der Waals surface area contributed by atoms with Crippen LogP contribution >= 0.6 is 11.3 Å². The Bertz CT molecular complexity index is 460. The number of thiophene rings is 1. The lowest BCUT2D eigenvalue weighted by Gasteiger charge is -2.24. The van der Waals surface area contributed by atoms with E-state index in [1.54, 1.807) is 6.07 Å². The van der Waals surface area contributed by atoms with Crippen LogP contribution in [0.3, 0.4) is 0 Å². The highest BCUT2D eigenvalue weighted by Gasteiger charge is 2.21. The molecule has 1 atom stereocenters. The summed E-state index contributed by atoms with van der Waals surface area (Å²) in [6.45, 7) is 0. The van der Waals surface area contributed by atoms with Crippen molar-refractivity contribution < 1.29 is 4.92 Å². The summed E-state index contributed by atoms with van der Waals surface area (Å²) >= 11 is 1.08. The Labute approximate surface area is 110 Å². The zero-order valence-electron chi connectivity index (χ0n) is 9.96. The van der Waals surface area contributed by atoms with Gasteiger partial charge in [-0.15, -0.1) is 0 Å². The van der Waals surface area contributed by atoms with Crippen molar-refractivity contribution in [3.8, 4) is 6.07 Å². The van der Waals surface area contributed by atoms with Crippen molar-refractivity contribution in [3.05, 3.63) is 27.1 Å². The molecule has 2 rings (SSSR count). The Hall–Kier alpha value is -1.45. The summed E-state index contributed by atoms with van der Waals surface area (Å²) in [6.07, 6.45) is 5.83. The molecule has 0 bridgehead atoms. The quantitative estimate of drug-likeness (QED) is 0.670. The van der Waals surface area contributed by atoms with E-state index in [4.69, 9.17) is 0 Å². The maximum atomic E-state index is 10.6. The van der Waals surface area contributed by atoms with Crippen molar-refractivity contribution >= 4 is 16.3 Å². The zero-order chi connectivity index (χ0) is 13.0. The molecule has 0 spiro atoms. The Morgan fingerprint density at radius 2 is 2.17 bits per heavy atom. The fourth-order valence-corrected chi connectivity index (χ4v) is 3.11. The minimum absolute atomic E-state index is 0.0932. The van der Waals surface area contributed by atoms with Crippen molar-refractivity contribution in [2.24, 2.45) is 0 Å². The molecule has 0 aromatic carbocycles. The summed E-state index contributed by atoms with van der Waals surface area (Å²) in [5, 5.41) is 23.2. The highest BCUT2D eigenvalue weighted by Crippen LogP contribution is 2.30. The van der Waals surface area contributed by atoms with Gasteiger partial charge in [-0.25, -0.2) is 0 Å². The molecule has 1 aromatic rings. The van der Waals surface area contributed by atoms with Gasteiger partial charge < -0.3 is 0 Å². The third kappa shape index (κ3) is 3.06. The predicted molar refractivity (Wildman–Crippen MR) is 69.3 cm³/mol. The van der Waals surface area contributed by atoms with Gasteiger partial charge in [0.05, 0.1) is 11.0 Å². The smallest absolute Gasteiger partial charge is 0.295 e. The van der Waals surface area contributed by atoms with Crippen molar-refractivity contribution in [2.75, 3.05) is 0 Å². The number of hydrogen-bond donors (Lipinski definition) is 1. The predicted octanol–water partition coefficient (Wildman–Crippen LogP) is 3.14. The SMILES string of the molecule is N#CC(NC1CCCCC1)c1ccc([N+](=O)[O-])s1. The van der Waals surface area contributed by atoms with Crippen LogP contribution < -0.4 is 5.32 Å². The molecule has 1 heterocycles. The van der Waals surface area contributed by atoms with Crippen LogP contribution in [0.25, 0.3) is 0 Å². The van der Waals surface area contributed by atoms with Gasteiger partial charge in [-0.05, 0) is 18.9 Å². The summed E-state index contributed by atoms with van der Waals surface area (Å²) < 4.78 is 0. The largest absolute Gasteiger partial charge is 0.324 e. The van der Waals surface area contributed by atoms with E-state index in [9.17, 15) is 15.4 Å². The first-order chi connectivity index (χ1) is 8.70. The van der Waals surface area contributed by atoms with Gasteiger partial charge in [-0.2, -0.15) is 5.26 Å². The van der Waals surface area contributed by atoms with E-state index < -0.39 is 11.0 Å². The van der Waals surface area contributed by atoms with Gasteiger partial charge in [0, 0.05) is 17.0 Å². The lowest BCUT2D eigenvalue weighted by Crippen LogP contribution is -2.33. The molecule has 0 aliphatic heterocycles. The van der Waals surface area contributed by atoms with Crippen LogP contribution in [0.5, 0.6) is 0 Å². The van der Waals surface area contributed by atoms with Crippen LogP contribution in [-0.2, 0) is 0 Å². The molecule has 96 valence electrons. The van der Waals surface area contributed by atoms with Crippen molar-refractivity contribution in [3.63, 3.8) is 0 Å². The van der Waals surface area contributed by atoms with E-state index in [1.165, 1.54) is 25.3 Å². The number of rotatable bonds is 4. The van der Waals surface area contributed by atoms with E-state index >= 15 is 0 Å². The van der Waals surface area contributed by atoms with Gasteiger partial charge in [-0.3, -0.25) is 15.4 Å². The maximum absolute atomic E-state index is 10.6. The topological polar surface area (TPSA) is 79.0 Å². The van der Waals surface area contributed by atoms with Crippen molar-refractivity contribution in [2.45, 2.75) is 44.2 Å². The van der Waals surface area contributed by atoms with Crippen LogP contribution in [-0.4, -0.2) is 11.0 Å². The third-order valence-corrected chi connectivity index (χ3v) is 4.32. The molecule has 1 aliphatic rings. The molecular formula is C12H15N3O2S. The molecule has 18 heavy (non-hydrogen) atoms. The molecule has 5 nitrogen and oxygen atoms in total. The number of nitriles is 1. The average Bonchev–Trinajstić information content (AvgIpc) is 2.87. The Balaban J connectivity index is 2.03. The van der Waals surface area contributed by atoms with E-state index in [0.29, 0.717) is 6.04 Å². The van der Waals surface area contributed by atoms with Gasteiger partial charge >= 0.3 is 5.00 Å². The Morgan fingerprint density at radius 3 is 2.72 bits per heavy atom. The number of nitrogens with one attached hydrogen (secondary N) is 1. The monoisotopic (exact) mass is 265 g/mol. The highest BCUT2D eigenvalue weighted by atomic mass is 32.1. The van der Waals surface area contributed by atoms with Crippen LogP contribution in [0, 0.1) is 21.4 Å². The number of nitrogens with zero attached hydrogens (tertiary/aromatic N) is 2.